The lowest BCUT2D eigenvalue weighted by Crippen LogP contribution is -2.28. The highest BCUT2D eigenvalue weighted by molar-refractivity contribution is 5.38. The smallest absolute Gasteiger partial charge is 0.0955 e. The lowest BCUT2D eigenvalue weighted by Gasteiger charge is -1.85. The van der Waals surface area contributed by atoms with Gasteiger partial charge in [0, 0.05) is 7.05 Å². The van der Waals surface area contributed by atoms with Gasteiger partial charge in [0.15, 0.2) is 0 Å². The van der Waals surface area contributed by atoms with Crippen LogP contribution in [0.15, 0.2) is 31.6 Å². The molecule has 0 aliphatic heterocycles. The zero-order valence-electron chi connectivity index (χ0n) is 7.20. The molecule has 1 rings (SSSR count). The number of aryl methyl sites for hydroxylation is 1. The summed E-state index contributed by atoms with van der Waals surface area (Å²) in [5, 5.41) is 1.97. The monoisotopic (exact) mass is 160 g/mol. The van der Waals surface area contributed by atoms with Crippen LogP contribution in [0.2, 0.25) is 0 Å². The lowest BCUT2D eigenvalue weighted by atomic mass is 10.4. The lowest BCUT2D eigenvalue weighted by molar-refractivity contribution is 0.881. The molecule has 0 N–H and O–H groups in total. The maximum Gasteiger partial charge on any atom is 0.0955 e. The van der Waals surface area contributed by atoms with Crippen molar-refractivity contribution in [1.29, 1.82) is 0 Å². The molecule has 1 aromatic rings. The molecule has 2 nitrogen and oxygen atoms in total. The normalized spacial score (nSPS) is 13.4. The molecular formula is C10H12N2. The Morgan fingerprint density at radius 2 is 2.00 bits per heavy atom. The Morgan fingerprint density at radius 3 is 2.58 bits per heavy atom. The van der Waals surface area contributed by atoms with Crippen molar-refractivity contribution in [2.45, 2.75) is 0 Å². The molecule has 0 radical (unpaired) electrons. The van der Waals surface area contributed by atoms with Crippen molar-refractivity contribution in [2.75, 3.05) is 0 Å². The maximum atomic E-state index is 4.18. The molecule has 0 bridgehead atoms. The average molecular weight is 160 g/mol. The van der Waals surface area contributed by atoms with Gasteiger partial charge in [-0.15, -0.1) is 0 Å². The molecule has 62 valence electrons. The standard InChI is InChI=1S/C10H12N2/c1-4-6-9-10(7-5-2)12(3)8-11-9/h4-8H,1-2H2,3H3/b9-6+,10-7+. The highest BCUT2D eigenvalue weighted by Crippen LogP contribution is 1.69. The average Bonchev–Trinajstić information content (AvgIpc) is 2.37. The zero-order valence-corrected chi connectivity index (χ0v) is 7.20. The molecule has 0 aliphatic carbocycles. The molecule has 12 heavy (non-hydrogen) atoms. The summed E-state index contributed by atoms with van der Waals surface area (Å²) in [6.07, 6.45) is 9.03. The second-order valence-electron chi connectivity index (χ2n) is 2.43. The predicted octanol–water partition coefficient (Wildman–Crippen LogP) is 0.353. The molecule has 0 saturated heterocycles. The van der Waals surface area contributed by atoms with E-state index in [2.05, 4.69) is 18.1 Å². The van der Waals surface area contributed by atoms with E-state index in [9.17, 15) is 0 Å². The second-order valence-corrected chi connectivity index (χ2v) is 2.43. The molecule has 0 aromatic carbocycles. The van der Waals surface area contributed by atoms with E-state index < -0.39 is 0 Å². The second kappa shape index (κ2) is 3.72. The zero-order chi connectivity index (χ0) is 8.97. The van der Waals surface area contributed by atoms with Gasteiger partial charge in [-0.3, -0.25) is 0 Å². The minimum atomic E-state index is 0.924. The van der Waals surface area contributed by atoms with E-state index in [4.69, 9.17) is 0 Å². The number of rotatable bonds is 2. The molecular weight excluding hydrogens is 148 g/mol. The third-order valence-corrected chi connectivity index (χ3v) is 1.56. The van der Waals surface area contributed by atoms with Gasteiger partial charge in [-0.2, -0.15) is 0 Å². The van der Waals surface area contributed by atoms with Gasteiger partial charge in [0.25, 0.3) is 0 Å². The first-order valence-corrected chi connectivity index (χ1v) is 3.72. The van der Waals surface area contributed by atoms with E-state index in [0.29, 0.717) is 0 Å². The molecule has 0 amide bonds. The first-order chi connectivity index (χ1) is 5.79. The summed E-state index contributed by atoms with van der Waals surface area (Å²) in [7, 11) is 1.95. The number of hydrogen-bond donors (Lipinski definition) is 0. The molecule has 1 heterocycles. The van der Waals surface area contributed by atoms with Crippen molar-refractivity contribution >= 4 is 12.2 Å². The van der Waals surface area contributed by atoms with Crippen molar-refractivity contribution in [3.05, 3.63) is 42.3 Å². The summed E-state index contributed by atoms with van der Waals surface area (Å²) < 4.78 is 1.94. The van der Waals surface area contributed by atoms with E-state index in [0.717, 1.165) is 10.7 Å². The van der Waals surface area contributed by atoms with E-state index >= 15 is 0 Å². The number of nitrogens with zero attached hydrogens (tertiary/aromatic N) is 2. The van der Waals surface area contributed by atoms with Crippen molar-refractivity contribution in [3.63, 3.8) is 0 Å². The van der Waals surface area contributed by atoms with Gasteiger partial charge in [0.2, 0.25) is 0 Å². The Labute approximate surface area is 71.9 Å². The van der Waals surface area contributed by atoms with Crippen molar-refractivity contribution < 1.29 is 0 Å². The molecule has 0 saturated carbocycles. The van der Waals surface area contributed by atoms with Crippen LogP contribution < -0.4 is 10.7 Å². The molecule has 0 spiro atoms. The highest BCUT2D eigenvalue weighted by atomic mass is 15.0. The maximum absolute atomic E-state index is 4.18. The van der Waals surface area contributed by atoms with Crippen LogP contribution in [0.4, 0.5) is 0 Å². The van der Waals surface area contributed by atoms with Crippen LogP contribution >= 0.6 is 0 Å². The van der Waals surface area contributed by atoms with Crippen LogP contribution in [0.5, 0.6) is 0 Å². The number of hydrogen-bond acceptors (Lipinski definition) is 1. The Morgan fingerprint density at radius 1 is 1.33 bits per heavy atom. The fourth-order valence-electron chi connectivity index (χ4n) is 1.01. The van der Waals surface area contributed by atoms with Gasteiger partial charge in [-0.25, -0.2) is 4.98 Å². The minimum absolute atomic E-state index is 0.924. The van der Waals surface area contributed by atoms with Gasteiger partial charge >= 0.3 is 0 Å². The van der Waals surface area contributed by atoms with Gasteiger partial charge < -0.3 is 4.57 Å². The van der Waals surface area contributed by atoms with E-state index in [1.54, 1.807) is 18.5 Å². The third-order valence-electron chi connectivity index (χ3n) is 1.56. The summed E-state index contributed by atoms with van der Waals surface area (Å²) >= 11 is 0. The first kappa shape index (κ1) is 8.53. The predicted molar refractivity (Wildman–Crippen MR) is 51.8 cm³/mol. The van der Waals surface area contributed by atoms with Crippen LogP contribution in [0.3, 0.4) is 0 Å². The summed E-state index contributed by atoms with van der Waals surface area (Å²) in [5.41, 5.74) is 0. The number of allylic oxidation sites excluding steroid dienone is 2. The largest absolute Gasteiger partial charge is 0.334 e. The SMILES string of the molecule is C=C/C=c1/ncn(C)/c1=C/C=C. The van der Waals surface area contributed by atoms with Crippen LogP contribution in [0.25, 0.3) is 12.2 Å². The van der Waals surface area contributed by atoms with Crippen molar-refractivity contribution in [2.24, 2.45) is 7.05 Å². The summed E-state index contributed by atoms with van der Waals surface area (Å²) in [5.74, 6) is 0. The Balaban J connectivity index is 3.52. The third kappa shape index (κ3) is 1.53. The first-order valence-electron chi connectivity index (χ1n) is 3.72. The summed E-state index contributed by atoms with van der Waals surface area (Å²) in [6.45, 7) is 7.26. The van der Waals surface area contributed by atoms with E-state index in [1.165, 1.54) is 0 Å². The van der Waals surface area contributed by atoms with Gasteiger partial charge in [-0.1, -0.05) is 25.3 Å². The highest BCUT2D eigenvalue weighted by Gasteiger charge is 1.88. The summed E-state index contributed by atoms with van der Waals surface area (Å²) in [4.78, 5) is 4.18. The Hall–Kier alpha value is -1.57. The minimum Gasteiger partial charge on any atom is -0.334 e. The molecule has 1 aromatic heterocycles. The van der Waals surface area contributed by atoms with Gasteiger partial charge in [0.1, 0.15) is 0 Å². The van der Waals surface area contributed by atoms with Gasteiger partial charge in [0.05, 0.1) is 17.0 Å². The Kier molecular flexibility index (Phi) is 2.64. The van der Waals surface area contributed by atoms with Crippen LogP contribution in [-0.4, -0.2) is 9.55 Å². The Bertz CT molecular complexity index is 396. The fraction of sp³-hybridized carbons (Fsp3) is 0.100. The topological polar surface area (TPSA) is 17.8 Å². The van der Waals surface area contributed by atoms with Crippen molar-refractivity contribution in [1.82, 2.24) is 9.55 Å². The number of aromatic nitrogens is 2. The molecule has 0 unspecified atom stereocenters. The van der Waals surface area contributed by atoms with Crippen LogP contribution in [0.1, 0.15) is 0 Å². The van der Waals surface area contributed by atoms with E-state index in [-0.39, 0.29) is 0 Å². The van der Waals surface area contributed by atoms with Crippen LogP contribution in [0, 0.1) is 0 Å². The summed E-state index contributed by atoms with van der Waals surface area (Å²) in [6, 6.07) is 0. The van der Waals surface area contributed by atoms with Crippen molar-refractivity contribution in [3.8, 4) is 0 Å². The quantitative estimate of drug-likeness (QED) is 0.610. The van der Waals surface area contributed by atoms with Crippen LogP contribution in [-0.2, 0) is 7.05 Å². The molecule has 2 heteroatoms. The molecule has 0 aliphatic rings. The van der Waals surface area contributed by atoms with Gasteiger partial charge in [-0.05, 0) is 12.2 Å². The molecule has 0 atom stereocenters. The molecule has 0 fully saturated rings. The fourth-order valence-corrected chi connectivity index (χ4v) is 1.01. The van der Waals surface area contributed by atoms with E-state index in [1.807, 2.05) is 23.8 Å². The number of imidazole rings is 1.